The third kappa shape index (κ3) is 3.44. The molecular weight excluding hydrogens is 318 g/mol. The van der Waals surface area contributed by atoms with Crippen molar-refractivity contribution in [1.29, 1.82) is 0 Å². The van der Waals surface area contributed by atoms with E-state index in [-0.39, 0.29) is 12.0 Å². The first kappa shape index (κ1) is 16.8. The van der Waals surface area contributed by atoms with Gasteiger partial charge in [0, 0.05) is 12.1 Å². The van der Waals surface area contributed by atoms with Gasteiger partial charge in [-0.15, -0.1) is 0 Å². The summed E-state index contributed by atoms with van der Waals surface area (Å²) in [6.45, 7) is 6.39. The summed E-state index contributed by atoms with van der Waals surface area (Å²) in [5, 5.41) is 0. The highest BCUT2D eigenvalue weighted by molar-refractivity contribution is 8.26. The van der Waals surface area contributed by atoms with Crippen LogP contribution in [0.2, 0.25) is 0 Å². The van der Waals surface area contributed by atoms with Gasteiger partial charge in [0.05, 0.1) is 18.1 Å². The van der Waals surface area contributed by atoms with Crippen molar-refractivity contribution in [2.75, 3.05) is 13.7 Å². The fraction of sp³-hybridized carbons (Fsp3) is 0.375. The molecule has 118 valence electrons. The van der Waals surface area contributed by atoms with Crippen LogP contribution in [0.1, 0.15) is 26.3 Å². The molecule has 0 saturated carbocycles. The van der Waals surface area contributed by atoms with E-state index in [4.69, 9.17) is 21.7 Å². The van der Waals surface area contributed by atoms with Crippen molar-refractivity contribution in [2.45, 2.75) is 26.9 Å². The minimum Gasteiger partial charge on any atom is -0.493 e. The van der Waals surface area contributed by atoms with Gasteiger partial charge in [-0.25, -0.2) is 0 Å². The summed E-state index contributed by atoms with van der Waals surface area (Å²) < 4.78 is 11.8. The maximum absolute atomic E-state index is 12.3. The van der Waals surface area contributed by atoms with Gasteiger partial charge in [0.1, 0.15) is 4.32 Å². The zero-order valence-electron chi connectivity index (χ0n) is 13.1. The maximum atomic E-state index is 12.3. The smallest absolute Gasteiger partial charge is 0.266 e. The molecule has 1 fully saturated rings. The van der Waals surface area contributed by atoms with Crippen LogP contribution in [0.4, 0.5) is 0 Å². The van der Waals surface area contributed by atoms with E-state index in [0.29, 0.717) is 27.3 Å². The number of benzene rings is 1. The Morgan fingerprint density at radius 1 is 1.41 bits per heavy atom. The predicted molar refractivity (Wildman–Crippen MR) is 94.3 cm³/mol. The quantitative estimate of drug-likeness (QED) is 0.605. The Hall–Kier alpha value is -1.53. The first-order valence-corrected chi connectivity index (χ1v) is 8.29. The number of rotatable bonds is 5. The Kier molecular flexibility index (Phi) is 5.47. The van der Waals surface area contributed by atoms with Gasteiger partial charge in [-0.1, -0.05) is 36.1 Å². The molecule has 1 aromatic carbocycles. The Bertz CT molecular complexity index is 626. The monoisotopic (exact) mass is 337 g/mol. The SMILES string of the molecule is CCN1C(=O)/C(=C/c2cccc(OC)c2OC(C)C)SC1=S. The first-order valence-electron chi connectivity index (χ1n) is 7.07. The number of carbonyl (C=O) groups excluding carboxylic acids is 1. The molecule has 1 saturated heterocycles. The Balaban J connectivity index is 2.43. The van der Waals surface area contributed by atoms with Crippen LogP contribution < -0.4 is 9.47 Å². The second-order valence-electron chi connectivity index (χ2n) is 4.97. The highest BCUT2D eigenvalue weighted by Gasteiger charge is 2.31. The molecule has 1 aliphatic heterocycles. The van der Waals surface area contributed by atoms with Crippen molar-refractivity contribution in [3.05, 3.63) is 28.7 Å². The molecular formula is C16H19NO3S2. The number of ether oxygens (including phenoxy) is 2. The van der Waals surface area contributed by atoms with E-state index in [2.05, 4.69) is 0 Å². The second-order valence-corrected chi connectivity index (χ2v) is 6.65. The van der Waals surface area contributed by atoms with Crippen LogP contribution in [0.25, 0.3) is 6.08 Å². The third-order valence-corrected chi connectivity index (χ3v) is 4.44. The first-order chi connectivity index (χ1) is 10.5. The van der Waals surface area contributed by atoms with Crippen molar-refractivity contribution in [1.82, 2.24) is 4.90 Å². The lowest BCUT2D eigenvalue weighted by atomic mass is 10.1. The summed E-state index contributed by atoms with van der Waals surface area (Å²) in [5.41, 5.74) is 0.810. The zero-order chi connectivity index (χ0) is 16.3. The summed E-state index contributed by atoms with van der Waals surface area (Å²) in [7, 11) is 1.60. The number of likely N-dealkylation sites (N-methyl/N-ethyl adjacent to an activating group) is 1. The summed E-state index contributed by atoms with van der Waals surface area (Å²) >= 11 is 6.55. The van der Waals surface area contributed by atoms with Gasteiger partial charge in [-0.05, 0) is 32.9 Å². The van der Waals surface area contributed by atoms with Gasteiger partial charge in [-0.2, -0.15) is 0 Å². The number of methoxy groups -OCH3 is 1. The number of hydrogen-bond donors (Lipinski definition) is 0. The van der Waals surface area contributed by atoms with E-state index in [9.17, 15) is 4.79 Å². The molecule has 0 radical (unpaired) electrons. The van der Waals surface area contributed by atoms with Crippen molar-refractivity contribution < 1.29 is 14.3 Å². The van der Waals surface area contributed by atoms with Crippen LogP contribution in [0.5, 0.6) is 11.5 Å². The lowest BCUT2D eigenvalue weighted by molar-refractivity contribution is -0.121. The molecule has 1 aromatic rings. The lowest BCUT2D eigenvalue weighted by Gasteiger charge is -2.16. The highest BCUT2D eigenvalue weighted by Crippen LogP contribution is 2.37. The summed E-state index contributed by atoms with van der Waals surface area (Å²) in [6, 6.07) is 5.61. The van der Waals surface area contributed by atoms with Gasteiger partial charge < -0.3 is 9.47 Å². The van der Waals surface area contributed by atoms with Crippen LogP contribution in [0.15, 0.2) is 23.1 Å². The number of amides is 1. The molecule has 0 atom stereocenters. The van der Waals surface area contributed by atoms with Crippen LogP contribution in [-0.2, 0) is 4.79 Å². The molecule has 1 aliphatic rings. The average molecular weight is 337 g/mol. The van der Waals surface area contributed by atoms with Crippen LogP contribution in [0.3, 0.4) is 0 Å². The Morgan fingerprint density at radius 2 is 2.14 bits per heavy atom. The number of thioether (sulfide) groups is 1. The Morgan fingerprint density at radius 3 is 2.68 bits per heavy atom. The predicted octanol–water partition coefficient (Wildman–Crippen LogP) is 3.70. The molecule has 0 N–H and O–H groups in total. The average Bonchev–Trinajstić information content (AvgIpc) is 2.74. The van der Waals surface area contributed by atoms with E-state index >= 15 is 0 Å². The van der Waals surface area contributed by atoms with Crippen molar-refractivity contribution >= 4 is 40.3 Å². The summed E-state index contributed by atoms with van der Waals surface area (Å²) in [5.74, 6) is 1.23. The number of carbonyl (C=O) groups is 1. The van der Waals surface area contributed by atoms with Gasteiger partial charge in [0.25, 0.3) is 5.91 Å². The fourth-order valence-electron chi connectivity index (χ4n) is 2.08. The highest BCUT2D eigenvalue weighted by atomic mass is 32.2. The molecule has 0 aromatic heterocycles. The third-order valence-electron chi connectivity index (χ3n) is 3.06. The van der Waals surface area contributed by atoms with E-state index in [1.54, 1.807) is 12.0 Å². The number of thiocarbonyl (C=S) groups is 1. The number of hydrogen-bond acceptors (Lipinski definition) is 5. The molecule has 2 rings (SSSR count). The Labute approximate surface area is 140 Å². The normalized spacial score (nSPS) is 16.8. The number of nitrogens with zero attached hydrogens (tertiary/aromatic N) is 1. The molecule has 0 spiro atoms. The van der Waals surface area contributed by atoms with Crippen molar-refractivity contribution in [2.24, 2.45) is 0 Å². The summed E-state index contributed by atoms with van der Waals surface area (Å²) in [6.07, 6.45) is 1.82. The molecule has 0 aliphatic carbocycles. The van der Waals surface area contributed by atoms with Gasteiger partial charge in [0.2, 0.25) is 0 Å². The van der Waals surface area contributed by atoms with E-state index in [1.165, 1.54) is 11.8 Å². The molecule has 0 bridgehead atoms. The zero-order valence-corrected chi connectivity index (χ0v) is 14.7. The van der Waals surface area contributed by atoms with Crippen LogP contribution in [-0.4, -0.2) is 34.9 Å². The summed E-state index contributed by atoms with van der Waals surface area (Å²) in [4.78, 5) is 14.5. The molecule has 4 nitrogen and oxygen atoms in total. The molecule has 0 unspecified atom stereocenters. The molecule has 1 heterocycles. The fourth-order valence-corrected chi connectivity index (χ4v) is 3.46. The van der Waals surface area contributed by atoms with Gasteiger partial charge in [0.15, 0.2) is 11.5 Å². The van der Waals surface area contributed by atoms with Gasteiger partial charge >= 0.3 is 0 Å². The van der Waals surface area contributed by atoms with Crippen molar-refractivity contribution in [3.63, 3.8) is 0 Å². The molecule has 22 heavy (non-hydrogen) atoms. The minimum atomic E-state index is -0.0594. The van der Waals surface area contributed by atoms with E-state index in [0.717, 1.165) is 5.56 Å². The van der Waals surface area contributed by atoms with E-state index < -0.39 is 0 Å². The lowest BCUT2D eigenvalue weighted by Crippen LogP contribution is -2.27. The topological polar surface area (TPSA) is 38.8 Å². The second kappa shape index (κ2) is 7.15. The maximum Gasteiger partial charge on any atom is 0.266 e. The van der Waals surface area contributed by atoms with E-state index in [1.807, 2.05) is 45.0 Å². The molecule has 6 heteroatoms. The minimum absolute atomic E-state index is 0.00796. The number of para-hydroxylation sites is 1. The standard InChI is InChI=1S/C16H19NO3S2/c1-5-17-15(18)13(22-16(17)21)9-11-7-6-8-12(19-4)14(11)20-10(2)3/h6-10H,5H2,1-4H3/b13-9-. The van der Waals surface area contributed by atoms with Crippen LogP contribution in [0, 0.1) is 0 Å². The largest absolute Gasteiger partial charge is 0.493 e. The van der Waals surface area contributed by atoms with Gasteiger partial charge in [-0.3, -0.25) is 9.69 Å². The van der Waals surface area contributed by atoms with Crippen LogP contribution >= 0.6 is 24.0 Å². The van der Waals surface area contributed by atoms with Crippen molar-refractivity contribution in [3.8, 4) is 11.5 Å². The molecule has 1 amide bonds.